The molecule has 0 aromatic carbocycles. The Hall–Kier alpha value is -0.0100. The molecular formula is C12H26N2O3S. The lowest BCUT2D eigenvalue weighted by Crippen LogP contribution is -2.45. The van der Waals surface area contributed by atoms with Crippen molar-refractivity contribution in [2.24, 2.45) is 0 Å². The molecular weight excluding hydrogens is 252 g/mol. The number of nitrogens with one attached hydrogen (secondary N) is 1. The number of β-amino-alcohol motifs (C(OH)–C–C–N with tert-alkyl or cyclic N) is 1. The highest BCUT2D eigenvalue weighted by Crippen LogP contribution is 1.99. The molecule has 1 saturated heterocycles. The Kier molecular flexibility index (Phi) is 8.01. The summed E-state index contributed by atoms with van der Waals surface area (Å²) in [4.78, 5) is 2.22. The predicted molar refractivity (Wildman–Crippen MR) is 74.3 cm³/mol. The summed E-state index contributed by atoms with van der Waals surface area (Å²) in [5.41, 5.74) is 0. The molecule has 1 fully saturated rings. The monoisotopic (exact) mass is 278 g/mol. The van der Waals surface area contributed by atoms with E-state index in [9.17, 15) is 9.32 Å². The zero-order valence-electron chi connectivity index (χ0n) is 11.4. The third kappa shape index (κ3) is 7.43. The van der Waals surface area contributed by atoms with E-state index in [4.69, 9.17) is 4.74 Å². The molecule has 0 aromatic rings. The first kappa shape index (κ1) is 16.0. The zero-order valence-corrected chi connectivity index (χ0v) is 12.2. The molecule has 6 heteroatoms. The molecule has 18 heavy (non-hydrogen) atoms. The van der Waals surface area contributed by atoms with Crippen LogP contribution in [0.25, 0.3) is 0 Å². The quantitative estimate of drug-likeness (QED) is 0.622. The van der Waals surface area contributed by atoms with Crippen molar-refractivity contribution in [1.29, 1.82) is 0 Å². The Morgan fingerprint density at radius 3 is 2.72 bits per heavy atom. The van der Waals surface area contributed by atoms with Crippen molar-refractivity contribution in [3.05, 3.63) is 0 Å². The summed E-state index contributed by atoms with van der Waals surface area (Å²) in [5.74, 6) is 0.716. The van der Waals surface area contributed by atoms with Gasteiger partial charge in [0, 0.05) is 55.0 Å². The lowest BCUT2D eigenvalue weighted by atomic mass is 10.2. The molecule has 3 unspecified atom stereocenters. The van der Waals surface area contributed by atoms with Gasteiger partial charge in [-0.3, -0.25) is 9.11 Å². The fourth-order valence-corrected chi connectivity index (χ4v) is 2.61. The maximum absolute atomic E-state index is 11.0. The van der Waals surface area contributed by atoms with Crippen LogP contribution >= 0.6 is 0 Å². The lowest BCUT2D eigenvalue weighted by Gasteiger charge is -2.29. The summed E-state index contributed by atoms with van der Waals surface area (Å²) in [7, 11) is -0.731. The van der Waals surface area contributed by atoms with Gasteiger partial charge in [0.1, 0.15) is 0 Å². The van der Waals surface area contributed by atoms with Crippen molar-refractivity contribution in [1.82, 2.24) is 10.2 Å². The van der Waals surface area contributed by atoms with Crippen molar-refractivity contribution in [3.8, 4) is 0 Å². The number of morpholine rings is 1. The van der Waals surface area contributed by atoms with E-state index in [-0.39, 0.29) is 6.10 Å². The van der Waals surface area contributed by atoms with Crippen LogP contribution < -0.4 is 5.32 Å². The number of hydrogen-bond donors (Lipinski definition) is 2. The van der Waals surface area contributed by atoms with Gasteiger partial charge in [-0.2, -0.15) is 0 Å². The second-order valence-electron chi connectivity index (χ2n) is 4.94. The van der Waals surface area contributed by atoms with Crippen LogP contribution in [0.3, 0.4) is 0 Å². The van der Waals surface area contributed by atoms with E-state index in [0.29, 0.717) is 24.9 Å². The van der Waals surface area contributed by atoms with E-state index in [1.807, 2.05) is 0 Å². The maximum atomic E-state index is 11.0. The summed E-state index contributed by atoms with van der Waals surface area (Å²) in [6, 6.07) is 0.299. The number of aliphatic hydroxyl groups excluding tert-OH is 1. The van der Waals surface area contributed by atoms with E-state index in [0.717, 1.165) is 32.7 Å². The largest absolute Gasteiger partial charge is 0.390 e. The maximum Gasteiger partial charge on any atom is 0.0791 e. The van der Waals surface area contributed by atoms with Crippen LogP contribution in [-0.4, -0.2) is 77.8 Å². The summed E-state index contributed by atoms with van der Waals surface area (Å²) < 4.78 is 16.2. The standard InChI is InChI=1S/C12H26N2O3S/c1-11(3-8-18(2)16)13-9-12(15)10-14-4-6-17-7-5-14/h11-13,15H,3-10H2,1-2H3. The number of rotatable bonds is 8. The second kappa shape index (κ2) is 8.98. The second-order valence-corrected chi connectivity index (χ2v) is 6.50. The van der Waals surface area contributed by atoms with Crippen molar-refractivity contribution in [2.45, 2.75) is 25.5 Å². The molecule has 0 aromatic heterocycles. The fourth-order valence-electron chi connectivity index (χ4n) is 1.93. The first-order chi connectivity index (χ1) is 8.58. The Morgan fingerprint density at radius 1 is 1.44 bits per heavy atom. The average molecular weight is 278 g/mol. The number of nitrogens with zero attached hydrogens (tertiary/aromatic N) is 1. The van der Waals surface area contributed by atoms with Gasteiger partial charge < -0.3 is 15.2 Å². The van der Waals surface area contributed by atoms with Gasteiger partial charge in [0.15, 0.2) is 0 Å². The van der Waals surface area contributed by atoms with Crippen LogP contribution in [0.1, 0.15) is 13.3 Å². The van der Waals surface area contributed by atoms with Gasteiger partial charge in [0.25, 0.3) is 0 Å². The summed E-state index contributed by atoms with van der Waals surface area (Å²) >= 11 is 0. The Morgan fingerprint density at radius 2 is 2.11 bits per heavy atom. The molecule has 0 aliphatic carbocycles. The molecule has 108 valence electrons. The summed E-state index contributed by atoms with van der Waals surface area (Å²) in [5, 5.41) is 13.2. The highest BCUT2D eigenvalue weighted by molar-refractivity contribution is 7.84. The topological polar surface area (TPSA) is 61.8 Å². The van der Waals surface area contributed by atoms with E-state index >= 15 is 0 Å². The minimum Gasteiger partial charge on any atom is -0.390 e. The summed E-state index contributed by atoms with van der Waals surface area (Å²) in [6.45, 7) is 6.69. The molecule has 0 saturated carbocycles. The van der Waals surface area contributed by atoms with Crippen LogP contribution in [0, 0.1) is 0 Å². The van der Waals surface area contributed by atoms with Gasteiger partial charge >= 0.3 is 0 Å². The highest BCUT2D eigenvalue weighted by Gasteiger charge is 2.15. The third-order valence-corrected chi connectivity index (χ3v) is 3.92. The molecule has 3 atom stereocenters. The van der Waals surface area contributed by atoms with Crippen molar-refractivity contribution >= 4 is 10.8 Å². The van der Waals surface area contributed by atoms with Crippen LogP contribution in [0.5, 0.6) is 0 Å². The van der Waals surface area contributed by atoms with Gasteiger partial charge in [-0.25, -0.2) is 0 Å². The predicted octanol–water partition coefficient (Wildman–Crippen LogP) is -0.574. The number of ether oxygens (including phenoxy) is 1. The highest BCUT2D eigenvalue weighted by atomic mass is 32.2. The van der Waals surface area contributed by atoms with E-state index in [2.05, 4.69) is 17.1 Å². The fraction of sp³-hybridized carbons (Fsp3) is 1.00. The van der Waals surface area contributed by atoms with Gasteiger partial charge in [-0.1, -0.05) is 0 Å². The molecule has 0 spiro atoms. The minimum absolute atomic E-state index is 0.299. The van der Waals surface area contributed by atoms with Crippen molar-refractivity contribution in [2.75, 3.05) is 51.4 Å². The average Bonchev–Trinajstić information content (AvgIpc) is 2.35. The summed E-state index contributed by atoms with van der Waals surface area (Å²) in [6.07, 6.45) is 2.26. The van der Waals surface area contributed by atoms with Crippen molar-refractivity contribution in [3.63, 3.8) is 0 Å². The molecule has 1 heterocycles. The molecule has 0 bridgehead atoms. The van der Waals surface area contributed by atoms with Gasteiger partial charge in [-0.05, 0) is 13.3 Å². The Labute approximate surface area is 112 Å². The Balaban J connectivity index is 2.07. The van der Waals surface area contributed by atoms with Crippen LogP contribution in [-0.2, 0) is 15.5 Å². The first-order valence-corrected chi connectivity index (χ1v) is 8.32. The van der Waals surface area contributed by atoms with Crippen LogP contribution in [0.2, 0.25) is 0 Å². The zero-order chi connectivity index (χ0) is 13.4. The number of aliphatic hydroxyl groups is 1. The molecule has 0 amide bonds. The molecule has 2 N–H and O–H groups in total. The van der Waals surface area contributed by atoms with Gasteiger partial charge in [0.2, 0.25) is 0 Å². The van der Waals surface area contributed by atoms with Crippen LogP contribution in [0.15, 0.2) is 0 Å². The van der Waals surface area contributed by atoms with Gasteiger partial charge in [0.05, 0.1) is 19.3 Å². The molecule has 1 rings (SSSR count). The van der Waals surface area contributed by atoms with Crippen LogP contribution in [0.4, 0.5) is 0 Å². The van der Waals surface area contributed by atoms with Crippen molar-refractivity contribution < 1.29 is 14.1 Å². The lowest BCUT2D eigenvalue weighted by molar-refractivity contribution is 0.0145. The molecule has 1 aliphatic rings. The normalized spacial score (nSPS) is 22.6. The van der Waals surface area contributed by atoms with E-state index in [1.54, 1.807) is 6.26 Å². The molecule has 5 nitrogen and oxygen atoms in total. The molecule has 1 aliphatic heterocycles. The third-order valence-electron chi connectivity index (χ3n) is 3.11. The van der Waals surface area contributed by atoms with E-state index in [1.165, 1.54) is 0 Å². The smallest absolute Gasteiger partial charge is 0.0791 e. The first-order valence-electron chi connectivity index (χ1n) is 6.59. The van der Waals surface area contributed by atoms with E-state index < -0.39 is 10.8 Å². The van der Waals surface area contributed by atoms with Gasteiger partial charge in [-0.15, -0.1) is 0 Å². The SMILES string of the molecule is CC(CCS(C)=O)NCC(O)CN1CCOCC1. The Bertz CT molecular complexity index is 247. The number of hydrogen-bond acceptors (Lipinski definition) is 5. The minimum atomic E-state index is -0.731. The molecule has 0 radical (unpaired) electrons.